The van der Waals surface area contributed by atoms with Crippen molar-refractivity contribution in [2.24, 2.45) is 5.92 Å². The van der Waals surface area contributed by atoms with Gasteiger partial charge in [-0.3, -0.25) is 9.59 Å². The van der Waals surface area contributed by atoms with E-state index in [1.54, 1.807) is 12.1 Å². The van der Waals surface area contributed by atoms with Crippen LogP contribution in [0.4, 0.5) is 5.69 Å². The molecule has 7 nitrogen and oxygen atoms in total. The summed E-state index contributed by atoms with van der Waals surface area (Å²) in [6, 6.07) is 6.25. The number of amides is 2. The van der Waals surface area contributed by atoms with Gasteiger partial charge in [0, 0.05) is 37.7 Å². The fraction of sp³-hybridized carbons (Fsp3) is 0.556. The van der Waals surface area contributed by atoms with Gasteiger partial charge in [0.05, 0.1) is 4.90 Å². The molecule has 0 radical (unpaired) electrons. The summed E-state index contributed by atoms with van der Waals surface area (Å²) >= 11 is 0. The van der Waals surface area contributed by atoms with Gasteiger partial charge in [-0.25, -0.2) is 8.42 Å². The molecule has 0 aromatic heterocycles. The largest absolute Gasteiger partial charge is 0.353 e. The predicted octanol–water partition coefficient (Wildman–Crippen LogP) is 1.96. The van der Waals surface area contributed by atoms with Crippen LogP contribution in [0.3, 0.4) is 0 Å². The Morgan fingerprint density at radius 2 is 1.77 bits per heavy atom. The molecule has 1 aromatic carbocycles. The smallest absolute Gasteiger partial charge is 0.243 e. The molecule has 1 heterocycles. The van der Waals surface area contributed by atoms with E-state index >= 15 is 0 Å². The highest BCUT2D eigenvalue weighted by Gasteiger charge is 2.32. The van der Waals surface area contributed by atoms with Crippen molar-refractivity contribution in [3.63, 3.8) is 0 Å². The van der Waals surface area contributed by atoms with E-state index in [2.05, 4.69) is 10.6 Å². The lowest BCUT2D eigenvalue weighted by Crippen LogP contribution is -2.44. The average molecular weight is 381 g/mol. The van der Waals surface area contributed by atoms with Crippen molar-refractivity contribution in [1.29, 1.82) is 0 Å². The Kier molecular flexibility index (Phi) is 6.77. The molecule has 2 rings (SSSR count). The molecule has 8 heteroatoms. The van der Waals surface area contributed by atoms with E-state index in [4.69, 9.17) is 0 Å². The van der Waals surface area contributed by atoms with Crippen molar-refractivity contribution in [2.45, 2.75) is 51.0 Å². The number of rotatable bonds is 6. The van der Waals surface area contributed by atoms with Crippen molar-refractivity contribution in [1.82, 2.24) is 9.62 Å². The number of carbonyl (C=O) groups excluding carboxylic acids is 2. The quantitative estimate of drug-likeness (QED) is 0.787. The highest BCUT2D eigenvalue weighted by atomic mass is 32.2. The van der Waals surface area contributed by atoms with Crippen LogP contribution >= 0.6 is 0 Å². The van der Waals surface area contributed by atoms with Crippen LogP contribution in [-0.4, -0.2) is 43.7 Å². The SMILES string of the molecule is CCC(C)NC(=O)C1CCN(S(=O)(=O)c2ccc(NC(C)=O)cc2)CC1. The fourth-order valence-corrected chi connectivity index (χ4v) is 4.35. The first-order valence-corrected chi connectivity index (χ1v) is 10.4. The van der Waals surface area contributed by atoms with E-state index in [9.17, 15) is 18.0 Å². The van der Waals surface area contributed by atoms with E-state index < -0.39 is 10.0 Å². The zero-order valence-electron chi connectivity index (χ0n) is 15.5. The third kappa shape index (κ3) is 5.04. The highest BCUT2D eigenvalue weighted by Crippen LogP contribution is 2.25. The number of anilines is 1. The summed E-state index contributed by atoms with van der Waals surface area (Å²) in [5, 5.41) is 5.57. The lowest BCUT2D eigenvalue weighted by molar-refractivity contribution is -0.126. The summed E-state index contributed by atoms with van der Waals surface area (Å²) in [5.74, 6) is -0.341. The molecule has 2 N–H and O–H groups in total. The van der Waals surface area contributed by atoms with E-state index in [0.29, 0.717) is 31.6 Å². The maximum Gasteiger partial charge on any atom is 0.243 e. The van der Waals surface area contributed by atoms with Gasteiger partial charge >= 0.3 is 0 Å². The minimum absolute atomic E-state index is 0.0102. The number of hydrogen-bond acceptors (Lipinski definition) is 4. The molecule has 1 aliphatic rings. The third-order valence-electron chi connectivity index (χ3n) is 4.64. The maximum absolute atomic E-state index is 12.8. The zero-order valence-corrected chi connectivity index (χ0v) is 16.3. The summed E-state index contributed by atoms with van der Waals surface area (Å²) in [6.45, 7) is 6.02. The second-order valence-electron chi connectivity index (χ2n) is 6.70. The van der Waals surface area contributed by atoms with Gasteiger partial charge in [-0.05, 0) is 50.5 Å². The number of nitrogens with zero attached hydrogens (tertiary/aromatic N) is 1. The minimum atomic E-state index is -3.60. The minimum Gasteiger partial charge on any atom is -0.353 e. The summed E-state index contributed by atoms with van der Waals surface area (Å²) < 4.78 is 26.9. The number of hydrogen-bond donors (Lipinski definition) is 2. The molecule has 0 saturated carbocycles. The molecule has 1 atom stereocenters. The van der Waals surface area contributed by atoms with Gasteiger partial charge in [-0.2, -0.15) is 4.31 Å². The molecule has 144 valence electrons. The number of carbonyl (C=O) groups is 2. The molecule has 1 aromatic rings. The van der Waals surface area contributed by atoms with Gasteiger partial charge in [-0.1, -0.05) is 6.92 Å². The first-order chi connectivity index (χ1) is 12.2. The topological polar surface area (TPSA) is 95.6 Å². The Morgan fingerprint density at radius 1 is 1.19 bits per heavy atom. The van der Waals surface area contributed by atoms with Crippen LogP contribution in [0.2, 0.25) is 0 Å². The summed E-state index contributed by atoms with van der Waals surface area (Å²) in [7, 11) is -3.60. The molecule has 1 fully saturated rings. The van der Waals surface area contributed by atoms with Crippen molar-refractivity contribution in [3.8, 4) is 0 Å². The van der Waals surface area contributed by atoms with Gasteiger partial charge in [0.15, 0.2) is 0 Å². The van der Waals surface area contributed by atoms with Crippen LogP contribution in [0.5, 0.6) is 0 Å². The molecule has 1 saturated heterocycles. The highest BCUT2D eigenvalue weighted by molar-refractivity contribution is 7.89. The van der Waals surface area contributed by atoms with Gasteiger partial charge in [-0.15, -0.1) is 0 Å². The molecule has 0 aliphatic carbocycles. The Morgan fingerprint density at radius 3 is 2.27 bits per heavy atom. The molecular formula is C18H27N3O4S. The van der Waals surface area contributed by atoms with E-state index in [1.807, 2.05) is 13.8 Å². The lowest BCUT2D eigenvalue weighted by atomic mass is 9.97. The Labute approximate surface area is 155 Å². The first kappa shape index (κ1) is 20.4. The number of piperidine rings is 1. The van der Waals surface area contributed by atoms with E-state index in [1.165, 1.54) is 23.4 Å². The average Bonchev–Trinajstić information content (AvgIpc) is 2.61. The number of benzene rings is 1. The molecule has 0 bridgehead atoms. The van der Waals surface area contributed by atoms with Crippen molar-refractivity contribution in [2.75, 3.05) is 18.4 Å². The van der Waals surface area contributed by atoms with E-state index in [-0.39, 0.29) is 28.7 Å². The second kappa shape index (κ2) is 8.64. The van der Waals surface area contributed by atoms with E-state index in [0.717, 1.165) is 6.42 Å². The first-order valence-electron chi connectivity index (χ1n) is 8.92. The molecule has 26 heavy (non-hydrogen) atoms. The van der Waals surface area contributed by atoms with Gasteiger partial charge in [0.2, 0.25) is 21.8 Å². The molecule has 1 aliphatic heterocycles. The summed E-state index contributed by atoms with van der Waals surface area (Å²) in [4.78, 5) is 23.4. The van der Waals surface area contributed by atoms with Crippen molar-refractivity contribution < 1.29 is 18.0 Å². The summed E-state index contributed by atoms with van der Waals surface area (Å²) in [6.07, 6.45) is 1.91. The Hall–Kier alpha value is -1.93. The summed E-state index contributed by atoms with van der Waals surface area (Å²) in [5.41, 5.74) is 0.553. The Bertz CT molecular complexity index is 738. The van der Waals surface area contributed by atoms with Gasteiger partial charge in [0.25, 0.3) is 0 Å². The van der Waals surface area contributed by atoms with Gasteiger partial charge < -0.3 is 10.6 Å². The third-order valence-corrected chi connectivity index (χ3v) is 6.55. The van der Waals surface area contributed by atoms with Crippen LogP contribution < -0.4 is 10.6 Å². The van der Waals surface area contributed by atoms with Crippen LogP contribution in [0.25, 0.3) is 0 Å². The number of nitrogens with one attached hydrogen (secondary N) is 2. The second-order valence-corrected chi connectivity index (χ2v) is 8.64. The lowest BCUT2D eigenvalue weighted by Gasteiger charge is -2.31. The normalized spacial score (nSPS) is 17.5. The maximum atomic E-state index is 12.8. The molecule has 1 unspecified atom stereocenters. The monoisotopic (exact) mass is 381 g/mol. The van der Waals surface area contributed by atoms with Crippen molar-refractivity contribution in [3.05, 3.63) is 24.3 Å². The van der Waals surface area contributed by atoms with Crippen LogP contribution in [-0.2, 0) is 19.6 Å². The van der Waals surface area contributed by atoms with Crippen LogP contribution in [0, 0.1) is 5.92 Å². The standard InChI is InChI=1S/C18H27N3O4S/c1-4-13(2)19-18(23)15-9-11-21(12-10-15)26(24,25)17-7-5-16(6-8-17)20-14(3)22/h5-8,13,15H,4,9-12H2,1-3H3,(H,19,23)(H,20,22). The van der Waals surface area contributed by atoms with Crippen molar-refractivity contribution >= 4 is 27.5 Å². The fourth-order valence-electron chi connectivity index (χ4n) is 2.88. The van der Waals surface area contributed by atoms with Crippen LogP contribution in [0.15, 0.2) is 29.2 Å². The molecule has 2 amide bonds. The zero-order chi connectivity index (χ0) is 19.3. The Balaban J connectivity index is 1.99. The molecule has 0 spiro atoms. The van der Waals surface area contributed by atoms with Crippen LogP contribution in [0.1, 0.15) is 40.0 Å². The molecular weight excluding hydrogens is 354 g/mol. The van der Waals surface area contributed by atoms with Gasteiger partial charge in [0.1, 0.15) is 0 Å². The predicted molar refractivity (Wildman–Crippen MR) is 100 cm³/mol. The number of sulfonamides is 1.